The maximum absolute atomic E-state index is 13.0. The van der Waals surface area contributed by atoms with Crippen molar-refractivity contribution in [2.24, 2.45) is 5.92 Å². The Morgan fingerprint density at radius 2 is 1.73 bits per heavy atom. The molecule has 2 aromatic carbocycles. The first-order valence-corrected chi connectivity index (χ1v) is 13.9. The van der Waals surface area contributed by atoms with E-state index in [2.05, 4.69) is 10.2 Å². The summed E-state index contributed by atoms with van der Waals surface area (Å²) in [6.45, 7) is 8.03. The molecule has 2 atom stereocenters. The van der Waals surface area contributed by atoms with Crippen molar-refractivity contribution in [1.82, 2.24) is 9.80 Å². The summed E-state index contributed by atoms with van der Waals surface area (Å²) in [5.41, 5.74) is 0.656. The van der Waals surface area contributed by atoms with E-state index in [0.29, 0.717) is 37.3 Å². The number of carbonyl (C=O) groups excluding carboxylic acids is 2. The predicted molar refractivity (Wildman–Crippen MR) is 145 cm³/mol. The van der Waals surface area contributed by atoms with Crippen molar-refractivity contribution in [1.29, 1.82) is 0 Å². The van der Waals surface area contributed by atoms with E-state index in [1.54, 1.807) is 17.0 Å². The molecule has 2 heterocycles. The lowest BCUT2D eigenvalue weighted by Gasteiger charge is -2.40. The highest BCUT2D eigenvalue weighted by atomic mass is 32.2. The lowest BCUT2D eigenvalue weighted by atomic mass is 9.97. The second kappa shape index (κ2) is 11.4. The van der Waals surface area contributed by atoms with Crippen LogP contribution >= 0.6 is 0 Å². The van der Waals surface area contributed by atoms with Gasteiger partial charge in [-0.05, 0) is 72.2 Å². The van der Waals surface area contributed by atoms with Gasteiger partial charge < -0.3 is 24.4 Å². The van der Waals surface area contributed by atoms with Gasteiger partial charge in [0.2, 0.25) is 5.91 Å². The summed E-state index contributed by atoms with van der Waals surface area (Å²) in [5.74, 6) is -0.0822. The maximum atomic E-state index is 13.0. The SMILES string of the molecule is CN1CCCC(C(=O)Nc2ccc(N(C3CCN(C(=O)OC(C)(C)C)CC3)S(=O)[O-])c3ccccc23)C1. The highest BCUT2D eigenvalue weighted by molar-refractivity contribution is 7.80. The number of benzene rings is 2. The molecule has 2 amide bonds. The number of likely N-dealkylation sites (tertiary alicyclic amines) is 2. The van der Waals surface area contributed by atoms with Gasteiger partial charge >= 0.3 is 6.09 Å². The van der Waals surface area contributed by atoms with Crippen LogP contribution in [-0.4, -0.2) is 75.4 Å². The Bertz CT molecular complexity index is 1160. The van der Waals surface area contributed by atoms with Gasteiger partial charge in [0.1, 0.15) is 5.60 Å². The average Bonchev–Trinajstić information content (AvgIpc) is 2.84. The van der Waals surface area contributed by atoms with Crippen LogP contribution in [0.2, 0.25) is 0 Å². The Labute approximate surface area is 221 Å². The number of amides is 2. The van der Waals surface area contributed by atoms with Crippen molar-refractivity contribution < 1.29 is 23.1 Å². The number of nitrogens with zero attached hydrogens (tertiary/aromatic N) is 3. The zero-order valence-corrected chi connectivity index (χ0v) is 22.9. The molecule has 0 aliphatic carbocycles. The number of rotatable bonds is 5. The van der Waals surface area contributed by atoms with Gasteiger partial charge in [-0.2, -0.15) is 0 Å². The molecule has 2 saturated heterocycles. The number of hydrogen-bond donors (Lipinski definition) is 1. The van der Waals surface area contributed by atoms with E-state index >= 15 is 0 Å². The zero-order chi connectivity index (χ0) is 26.7. The Morgan fingerprint density at radius 1 is 1.05 bits per heavy atom. The van der Waals surface area contributed by atoms with Crippen molar-refractivity contribution in [3.8, 4) is 0 Å². The van der Waals surface area contributed by atoms with Crippen molar-refractivity contribution in [3.05, 3.63) is 36.4 Å². The number of fused-ring (bicyclic) bond motifs is 1. The van der Waals surface area contributed by atoms with Gasteiger partial charge in [0, 0.05) is 53.4 Å². The smallest absolute Gasteiger partial charge is 0.410 e. The first-order chi connectivity index (χ1) is 17.5. The highest BCUT2D eigenvalue weighted by Gasteiger charge is 2.31. The fourth-order valence-electron chi connectivity index (χ4n) is 5.21. The largest absolute Gasteiger partial charge is 0.755 e. The second-order valence-electron chi connectivity index (χ2n) is 11.0. The lowest BCUT2D eigenvalue weighted by molar-refractivity contribution is -0.121. The third kappa shape index (κ3) is 6.61. The van der Waals surface area contributed by atoms with E-state index in [1.807, 2.05) is 52.1 Å². The van der Waals surface area contributed by atoms with Crippen LogP contribution in [0.1, 0.15) is 46.5 Å². The molecular weight excluding hydrogens is 492 g/mol. The van der Waals surface area contributed by atoms with Gasteiger partial charge in [0.05, 0.1) is 11.6 Å². The summed E-state index contributed by atoms with van der Waals surface area (Å²) in [7, 11) is 2.03. The summed E-state index contributed by atoms with van der Waals surface area (Å²) in [6.07, 6.45) is 2.46. The minimum atomic E-state index is -2.52. The van der Waals surface area contributed by atoms with Crippen LogP contribution in [0.4, 0.5) is 16.2 Å². The number of anilines is 2. The average molecular weight is 530 g/mol. The summed E-state index contributed by atoms with van der Waals surface area (Å²) >= 11 is -2.52. The highest BCUT2D eigenvalue weighted by Crippen LogP contribution is 2.36. The van der Waals surface area contributed by atoms with Crippen molar-refractivity contribution in [3.63, 3.8) is 0 Å². The van der Waals surface area contributed by atoms with Gasteiger partial charge in [0.25, 0.3) is 0 Å². The lowest BCUT2D eigenvalue weighted by Crippen LogP contribution is -2.48. The summed E-state index contributed by atoms with van der Waals surface area (Å²) < 4.78 is 31.9. The van der Waals surface area contributed by atoms with Crippen LogP contribution in [0.3, 0.4) is 0 Å². The summed E-state index contributed by atoms with van der Waals surface area (Å²) in [5, 5.41) is 4.63. The van der Waals surface area contributed by atoms with Gasteiger partial charge in [-0.3, -0.25) is 13.3 Å². The summed E-state index contributed by atoms with van der Waals surface area (Å²) in [6, 6.07) is 10.8. The Hall–Kier alpha value is -2.69. The molecule has 37 heavy (non-hydrogen) atoms. The second-order valence-corrected chi connectivity index (χ2v) is 11.8. The van der Waals surface area contributed by atoms with E-state index in [0.717, 1.165) is 36.7 Å². The molecule has 0 bridgehead atoms. The Balaban J connectivity index is 1.54. The molecule has 2 aliphatic rings. The maximum Gasteiger partial charge on any atom is 0.410 e. The van der Waals surface area contributed by atoms with Crippen LogP contribution in [0.25, 0.3) is 10.8 Å². The molecule has 2 fully saturated rings. The molecule has 4 rings (SSSR count). The van der Waals surface area contributed by atoms with Crippen molar-refractivity contribution in [2.75, 3.05) is 42.8 Å². The van der Waals surface area contributed by atoms with Gasteiger partial charge in [-0.15, -0.1) is 0 Å². The van der Waals surface area contributed by atoms with Gasteiger partial charge in [-0.25, -0.2) is 4.79 Å². The number of piperidine rings is 2. The van der Waals surface area contributed by atoms with Gasteiger partial charge in [0.15, 0.2) is 0 Å². The third-order valence-corrected chi connectivity index (χ3v) is 7.82. The molecule has 0 aromatic heterocycles. The van der Waals surface area contributed by atoms with Crippen LogP contribution in [0.5, 0.6) is 0 Å². The molecule has 2 aliphatic heterocycles. The first-order valence-electron chi connectivity index (χ1n) is 12.9. The van der Waals surface area contributed by atoms with Gasteiger partial charge in [-0.1, -0.05) is 24.3 Å². The monoisotopic (exact) mass is 529 g/mol. The topological polar surface area (TPSA) is 105 Å². The molecule has 0 spiro atoms. The molecule has 2 aromatic rings. The fraction of sp³-hybridized carbons (Fsp3) is 0.556. The predicted octanol–water partition coefficient (Wildman–Crippen LogP) is 4.12. The van der Waals surface area contributed by atoms with Crippen molar-refractivity contribution in [2.45, 2.75) is 58.1 Å². The number of nitrogens with one attached hydrogen (secondary N) is 1. The Kier molecular flexibility index (Phi) is 8.40. The van der Waals surface area contributed by atoms with E-state index in [9.17, 15) is 18.4 Å². The van der Waals surface area contributed by atoms with Crippen LogP contribution in [0, 0.1) is 5.92 Å². The standard InChI is InChI=1S/C27H38N4O5S/c1-27(2,3)36-26(33)30-16-13-20(14-17-30)31(37(34)35)24-12-11-23(21-9-5-6-10-22(21)24)28-25(32)19-8-7-15-29(4)18-19/h5-6,9-12,19-20H,7-8,13-18H2,1-4H3,(H,28,32)(H,34,35)/p-1. The third-order valence-electron chi connectivity index (χ3n) is 7.00. The van der Waals surface area contributed by atoms with Crippen LogP contribution < -0.4 is 9.62 Å². The molecule has 10 heteroatoms. The van der Waals surface area contributed by atoms with E-state index in [-0.39, 0.29) is 24.0 Å². The Morgan fingerprint density at radius 3 is 2.35 bits per heavy atom. The summed E-state index contributed by atoms with van der Waals surface area (Å²) in [4.78, 5) is 29.3. The molecule has 0 radical (unpaired) electrons. The molecule has 0 saturated carbocycles. The molecule has 9 nitrogen and oxygen atoms in total. The van der Waals surface area contributed by atoms with Crippen LogP contribution in [0.15, 0.2) is 36.4 Å². The number of ether oxygens (including phenoxy) is 1. The zero-order valence-electron chi connectivity index (χ0n) is 22.1. The minimum absolute atomic E-state index is 0.0109. The van der Waals surface area contributed by atoms with E-state index in [1.165, 1.54) is 4.31 Å². The van der Waals surface area contributed by atoms with Crippen LogP contribution in [-0.2, 0) is 20.8 Å². The molecule has 202 valence electrons. The number of carbonyl (C=O) groups is 2. The fourth-order valence-corrected chi connectivity index (χ4v) is 5.98. The van der Waals surface area contributed by atoms with E-state index in [4.69, 9.17) is 4.74 Å². The first kappa shape index (κ1) is 27.3. The normalized spacial score (nSPS) is 20.5. The minimum Gasteiger partial charge on any atom is -0.755 e. The number of hydrogen-bond acceptors (Lipinski definition) is 6. The van der Waals surface area contributed by atoms with E-state index < -0.39 is 16.9 Å². The molecule has 2 unspecified atom stereocenters. The molecular formula is C27H37N4O5S-. The molecule has 1 N–H and O–H groups in total. The van der Waals surface area contributed by atoms with Crippen molar-refractivity contribution >= 4 is 45.4 Å². The quantitative estimate of drug-likeness (QED) is 0.584.